The average molecular weight is 316 g/mol. The molecule has 1 aromatic heterocycles. The molecule has 1 rings (SSSR count). The van der Waals surface area contributed by atoms with Gasteiger partial charge in [0.25, 0.3) is 6.43 Å². The van der Waals surface area contributed by atoms with Crippen molar-refractivity contribution in [2.75, 3.05) is 13.1 Å². The summed E-state index contributed by atoms with van der Waals surface area (Å²) in [6, 6.07) is 0. The summed E-state index contributed by atoms with van der Waals surface area (Å²) in [7, 11) is 0. The lowest BCUT2D eigenvalue weighted by atomic mass is 10.5. The maximum Gasteiger partial charge on any atom is 0.434 e. The summed E-state index contributed by atoms with van der Waals surface area (Å²) in [5.74, 6) is 0.108. The Morgan fingerprint density at radius 2 is 2.10 bits per heavy atom. The fourth-order valence-electron chi connectivity index (χ4n) is 1.18. The molecule has 1 heterocycles. The van der Waals surface area contributed by atoms with Gasteiger partial charge in [0.2, 0.25) is 0 Å². The molecule has 0 saturated carbocycles. The molecule has 4 nitrogen and oxygen atoms in total. The van der Waals surface area contributed by atoms with Crippen LogP contribution in [0.1, 0.15) is 17.6 Å². The number of alkyl halides is 5. The molecule has 0 bridgehead atoms. The summed E-state index contributed by atoms with van der Waals surface area (Å²) in [5, 5.41) is 6.13. The molecule has 0 unspecified atom stereocenters. The van der Waals surface area contributed by atoms with Gasteiger partial charge >= 0.3 is 6.18 Å². The lowest BCUT2D eigenvalue weighted by molar-refractivity contribution is -0.140. The molecule has 114 valence electrons. The summed E-state index contributed by atoms with van der Waals surface area (Å²) in [6.45, 7) is 1.49. The zero-order chi connectivity index (χ0) is 15.2. The third kappa shape index (κ3) is 5.68. The second-order valence-electron chi connectivity index (χ2n) is 3.59. The Morgan fingerprint density at radius 3 is 2.60 bits per heavy atom. The van der Waals surface area contributed by atoms with Crippen LogP contribution < -0.4 is 10.6 Å². The molecule has 0 aliphatic carbocycles. The van der Waals surface area contributed by atoms with E-state index in [4.69, 9.17) is 0 Å². The summed E-state index contributed by atoms with van der Waals surface area (Å²) in [6.07, 6.45) is -7.03. The van der Waals surface area contributed by atoms with Crippen LogP contribution in [-0.2, 0) is 12.7 Å². The zero-order valence-electron chi connectivity index (χ0n) is 10.5. The van der Waals surface area contributed by atoms with Gasteiger partial charge in [-0.05, 0) is 6.92 Å². The largest absolute Gasteiger partial charge is 0.434 e. The van der Waals surface area contributed by atoms with Crippen molar-refractivity contribution in [3.63, 3.8) is 0 Å². The Morgan fingerprint density at radius 1 is 1.40 bits per heavy atom. The number of hydrogen-bond donors (Lipinski definition) is 2. The Labute approximate surface area is 116 Å². The normalized spacial score (nSPS) is 12.8. The van der Waals surface area contributed by atoms with Gasteiger partial charge in [0.1, 0.15) is 5.01 Å². The van der Waals surface area contributed by atoms with E-state index in [-0.39, 0.29) is 17.5 Å². The third-order valence-electron chi connectivity index (χ3n) is 1.98. The lowest BCUT2D eigenvalue weighted by Crippen LogP contribution is -2.39. The van der Waals surface area contributed by atoms with Crippen LogP contribution in [0.5, 0.6) is 0 Å². The van der Waals surface area contributed by atoms with Crippen LogP contribution in [-0.4, -0.2) is 30.5 Å². The lowest BCUT2D eigenvalue weighted by Gasteiger charge is -2.10. The summed E-state index contributed by atoms with van der Waals surface area (Å²) in [4.78, 5) is 7.28. The second kappa shape index (κ2) is 7.36. The summed E-state index contributed by atoms with van der Waals surface area (Å²) < 4.78 is 61.1. The van der Waals surface area contributed by atoms with E-state index < -0.39 is 24.8 Å². The van der Waals surface area contributed by atoms with Crippen molar-refractivity contribution in [3.05, 3.63) is 16.1 Å². The van der Waals surface area contributed by atoms with E-state index in [1.807, 2.05) is 0 Å². The van der Waals surface area contributed by atoms with Crippen LogP contribution in [0.25, 0.3) is 0 Å². The fraction of sp³-hybridized carbons (Fsp3) is 0.600. The number of aromatic nitrogens is 1. The van der Waals surface area contributed by atoms with Crippen LogP contribution in [0.3, 0.4) is 0 Å². The number of halogens is 5. The molecule has 0 spiro atoms. The van der Waals surface area contributed by atoms with Crippen molar-refractivity contribution in [2.45, 2.75) is 26.1 Å². The van der Waals surface area contributed by atoms with Crippen molar-refractivity contribution in [1.29, 1.82) is 0 Å². The molecular formula is C10H13F5N4S. The number of nitrogens with one attached hydrogen (secondary N) is 2. The van der Waals surface area contributed by atoms with Crippen molar-refractivity contribution in [1.82, 2.24) is 15.6 Å². The standard InChI is InChI=1S/C10H13F5N4S/c1-2-16-9(17-3-7(11)12)18-4-8-19-6(5-20-8)10(13,14)15/h5,7H,2-4H2,1H3,(H2,16,17,18). The maximum atomic E-state index is 12.3. The first kappa shape index (κ1) is 16.6. The van der Waals surface area contributed by atoms with Crippen LogP contribution in [0.4, 0.5) is 22.0 Å². The molecule has 0 atom stereocenters. The van der Waals surface area contributed by atoms with E-state index in [0.29, 0.717) is 6.54 Å². The Bertz CT molecular complexity index is 443. The van der Waals surface area contributed by atoms with Gasteiger partial charge in [-0.1, -0.05) is 0 Å². The number of guanidine groups is 1. The Kier molecular flexibility index (Phi) is 6.11. The quantitative estimate of drug-likeness (QED) is 0.498. The van der Waals surface area contributed by atoms with Gasteiger partial charge in [-0.25, -0.2) is 18.8 Å². The highest BCUT2D eigenvalue weighted by atomic mass is 32.1. The molecule has 0 aliphatic heterocycles. The average Bonchev–Trinajstić information content (AvgIpc) is 2.81. The molecule has 10 heteroatoms. The van der Waals surface area contributed by atoms with E-state index in [1.54, 1.807) is 6.92 Å². The third-order valence-corrected chi connectivity index (χ3v) is 2.82. The molecule has 0 radical (unpaired) electrons. The minimum absolute atomic E-state index is 0.108. The van der Waals surface area contributed by atoms with Crippen LogP contribution in [0, 0.1) is 0 Å². The van der Waals surface area contributed by atoms with E-state index in [0.717, 1.165) is 16.7 Å². The number of rotatable bonds is 5. The van der Waals surface area contributed by atoms with Gasteiger partial charge in [-0.2, -0.15) is 13.2 Å². The van der Waals surface area contributed by atoms with Gasteiger partial charge in [0, 0.05) is 11.9 Å². The van der Waals surface area contributed by atoms with Crippen LogP contribution in [0.15, 0.2) is 10.4 Å². The number of thiazole rings is 1. The predicted octanol–water partition coefficient (Wildman–Crippen LogP) is 2.48. The molecule has 0 aromatic carbocycles. The first-order valence-electron chi connectivity index (χ1n) is 5.64. The highest BCUT2D eigenvalue weighted by Crippen LogP contribution is 2.30. The van der Waals surface area contributed by atoms with Gasteiger partial charge in [0.15, 0.2) is 11.7 Å². The van der Waals surface area contributed by atoms with Crippen LogP contribution >= 0.6 is 11.3 Å². The Balaban J connectivity index is 2.64. The minimum Gasteiger partial charge on any atom is -0.357 e. The van der Waals surface area contributed by atoms with Crippen molar-refractivity contribution < 1.29 is 22.0 Å². The molecule has 0 saturated heterocycles. The second-order valence-corrected chi connectivity index (χ2v) is 4.53. The highest BCUT2D eigenvalue weighted by molar-refractivity contribution is 7.09. The first-order chi connectivity index (χ1) is 9.32. The highest BCUT2D eigenvalue weighted by Gasteiger charge is 2.33. The fourth-order valence-corrected chi connectivity index (χ4v) is 1.90. The monoisotopic (exact) mass is 316 g/mol. The molecule has 0 fully saturated rings. The van der Waals surface area contributed by atoms with Gasteiger partial charge in [0.05, 0.1) is 13.1 Å². The molecule has 0 aliphatic rings. The molecule has 1 aromatic rings. The summed E-state index contributed by atoms with van der Waals surface area (Å²) in [5.41, 5.74) is -0.974. The Hall–Kier alpha value is -1.45. The van der Waals surface area contributed by atoms with E-state index in [1.165, 1.54) is 0 Å². The smallest absolute Gasteiger partial charge is 0.357 e. The first-order valence-corrected chi connectivity index (χ1v) is 6.52. The predicted molar refractivity (Wildman–Crippen MR) is 65.9 cm³/mol. The molecule has 0 amide bonds. The SMILES string of the molecule is CCNC(=NCc1nc(C(F)(F)F)cs1)NCC(F)F. The van der Waals surface area contributed by atoms with Gasteiger partial charge in [-0.3, -0.25) is 0 Å². The van der Waals surface area contributed by atoms with Crippen LogP contribution in [0.2, 0.25) is 0 Å². The number of nitrogens with zero attached hydrogens (tertiary/aromatic N) is 2. The maximum absolute atomic E-state index is 12.3. The topological polar surface area (TPSA) is 49.3 Å². The molecule has 20 heavy (non-hydrogen) atoms. The minimum atomic E-state index is -4.49. The van der Waals surface area contributed by atoms with E-state index >= 15 is 0 Å². The van der Waals surface area contributed by atoms with Gasteiger partial charge in [-0.15, -0.1) is 11.3 Å². The summed E-state index contributed by atoms with van der Waals surface area (Å²) >= 11 is 0.819. The molecular weight excluding hydrogens is 303 g/mol. The van der Waals surface area contributed by atoms with Crippen molar-refractivity contribution in [3.8, 4) is 0 Å². The van der Waals surface area contributed by atoms with Crippen molar-refractivity contribution in [2.24, 2.45) is 4.99 Å². The number of hydrogen-bond acceptors (Lipinski definition) is 3. The van der Waals surface area contributed by atoms with Gasteiger partial charge < -0.3 is 10.6 Å². The van der Waals surface area contributed by atoms with E-state index in [2.05, 4.69) is 20.6 Å². The molecule has 2 N–H and O–H groups in total. The zero-order valence-corrected chi connectivity index (χ0v) is 11.3. The van der Waals surface area contributed by atoms with E-state index in [9.17, 15) is 22.0 Å². The van der Waals surface area contributed by atoms with Crippen molar-refractivity contribution >= 4 is 17.3 Å². The number of aliphatic imine (C=N–C) groups is 1.